The SMILES string of the molecule is CCCCN1CCCC1C(=O)NCc1cc(F)c(OCC(F)(C(F)(F)F)C(F)(F)F)nc1OC. The first-order valence-corrected chi connectivity index (χ1v) is 10.5. The molecule has 1 aromatic rings. The van der Waals surface area contributed by atoms with E-state index in [2.05, 4.69) is 15.0 Å². The standard InChI is InChI=1S/C20H25F8N3O3/c1-3-4-7-31-8-5-6-14(31)15(32)29-10-12-9-13(21)17(30-16(12)33-2)34-11-18(22,19(23,24)25)20(26,27)28/h9,14H,3-8,10-11H2,1-2H3,(H,29,32). The second kappa shape index (κ2) is 10.9. The number of alkyl halides is 7. The van der Waals surface area contributed by atoms with Crippen molar-refractivity contribution in [1.82, 2.24) is 15.2 Å². The predicted octanol–water partition coefficient (Wildman–Crippen LogP) is 4.32. The fraction of sp³-hybridized carbons (Fsp3) is 0.700. The van der Waals surface area contributed by atoms with Crippen molar-refractivity contribution in [1.29, 1.82) is 0 Å². The molecule has 0 aliphatic carbocycles. The lowest BCUT2D eigenvalue weighted by Gasteiger charge is -2.29. The highest BCUT2D eigenvalue weighted by molar-refractivity contribution is 5.82. The van der Waals surface area contributed by atoms with E-state index in [9.17, 15) is 39.9 Å². The minimum atomic E-state index is -6.36. The highest BCUT2D eigenvalue weighted by Crippen LogP contribution is 2.46. The number of amides is 1. The van der Waals surface area contributed by atoms with Crippen LogP contribution in [0.1, 0.15) is 38.2 Å². The van der Waals surface area contributed by atoms with Gasteiger partial charge in [0.15, 0.2) is 5.82 Å². The van der Waals surface area contributed by atoms with Gasteiger partial charge in [-0.05, 0) is 38.4 Å². The van der Waals surface area contributed by atoms with E-state index >= 15 is 0 Å². The molecule has 0 radical (unpaired) electrons. The molecule has 34 heavy (non-hydrogen) atoms. The fourth-order valence-corrected chi connectivity index (χ4v) is 3.44. The van der Waals surface area contributed by atoms with Crippen LogP contribution in [-0.2, 0) is 11.3 Å². The zero-order valence-electron chi connectivity index (χ0n) is 18.5. The molecule has 1 aliphatic heterocycles. The number of ether oxygens (including phenoxy) is 2. The molecule has 1 N–H and O–H groups in total. The van der Waals surface area contributed by atoms with Gasteiger partial charge in [0.25, 0.3) is 5.88 Å². The van der Waals surface area contributed by atoms with E-state index in [1.165, 1.54) is 0 Å². The molecule has 2 heterocycles. The third-order valence-electron chi connectivity index (χ3n) is 5.40. The summed E-state index contributed by atoms with van der Waals surface area (Å²) in [5.41, 5.74) is -5.78. The molecule has 1 saturated heterocycles. The first-order chi connectivity index (χ1) is 15.7. The van der Waals surface area contributed by atoms with E-state index in [1.807, 2.05) is 11.8 Å². The number of carbonyl (C=O) groups excluding carboxylic acids is 1. The van der Waals surface area contributed by atoms with E-state index in [1.54, 1.807) is 0 Å². The van der Waals surface area contributed by atoms with E-state index in [-0.39, 0.29) is 24.1 Å². The van der Waals surface area contributed by atoms with Crippen molar-refractivity contribution in [2.75, 3.05) is 26.8 Å². The van der Waals surface area contributed by atoms with Crippen LogP contribution >= 0.6 is 0 Å². The van der Waals surface area contributed by atoms with Crippen LogP contribution in [0.15, 0.2) is 6.07 Å². The first kappa shape index (κ1) is 27.9. The summed E-state index contributed by atoms with van der Waals surface area (Å²) in [5, 5.41) is 2.60. The minimum Gasteiger partial charge on any atom is -0.481 e. The smallest absolute Gasteiger partial charge is 0.435 e. The van der Waals surface area contributed by atoms with Crippen LogP contribution in [0.4, 0.5) is 35.1 Å². The molecule has 1 aliphatic rings. The minimum absolute atomic E-state index is 0.0445. The summed E-state index contributed by atoms with van der Waals surface area (Å²) in [6, 6.07) is 0.298. The summed E-state index contributed by atoms with van der Waals surface area (Å²) < 4.78 is 113. The van der Waals surface area contributed by atoms with Gasteiger partial charge in [-0.25, -0.2) is 8.78 Å². The van der Waals surface area contributed by atoms with Gasteiger partial charge in [0, 0.05) is 12.1 Å². The molecule has 0 bridgehead atoms. The number of rotatable bonds is 10. The summed E-state index contributed by atoms with van der Waals surface area (Å²) in [5.74, 6) is -3.52. The van der Waals surface area contributed by atoms with E-state index in [0.29, 0.717) is 12.5 Å². The Morgan fingerprint density at radius 1 is 1.18 bits per heavy atom. The average Bonchev–Trinajstić information content (AvgIpc) is 3.22. The van der Waals surface area contributed by atoms with Gasteiger partial charge >= 0.3 is 18.0 Å². The lowest BCUT2D eigenvalue weighted by molar-refractivity contribution is -0.347. The van der Waals surface area contributed by atoms with Crippen molar-refractivity contribution >= 4 is 5.91 Å². The van der Waals surface area contributed by atoms with Gasteiger partial charge in [-0.3, -0.25) is 9.69 Å². The highest BCUT2D eigenvalue weighted by Gasteiger charge is 2.73. The zero-order chi connectivity index (χ0) is 25.7. The molecule has 0 saturated carbocycles. The predicted molar refractivity (Wildman–Crippen MR) is 104 cm³/mol. The molecule has 1 unspecified atom stereocenters. The van der Waals surface area contributed by atoms with Crippen molar-refractivity contribution in [3.63, 3.8) is 0 Å². The van der Waals surface area contributed by atoms with Gasteiger partial charge in [0.1, 0.15) is 6.61 Å². The average molecular weight is 507 g/mol. The van der Waals surface area contributed by atoms with Crippen molar-refractivity contribution < 1.29 is 49.4 Å². The number of nitrogens with one attached hydrogen (secondary N) is 1. The number of unbranched alkanes of at least 4 members (excludes halogenated alkanes) is 1. The summed E-state index contributed by atoms with van der Waals surface area (Å²) in [7, 11) is 1.06. The molecule has 1 aromatic heterocycles. The van der Waals surface area contributed by atoms with Gasteiger partial charge in [-0.15, -0.1) is 0 Å². The Bertz CT molecular complexity index is 834. The number of methoxy groups -OCH3 is 1. The molecule has 14 heteroatoms. The van der Waals surface area contributed by atoms with Crippen LogP contribution in [0.2, 0.25) is 0 Å². The normalized spacial score (nSPS) is 17.6. The number of halogens is 8. The Hall–Kier alpha value is -2.38. The second-order valence-corrected chi connectivity index (χ2v) is 7.79. The van der Waals surface area contributed by atoms with Crippen molar-refractivity contribution in [3.05, 3.63) is 17.4 Å². The van der Waals surface area contributed by atoms with Crippen molar-refractivity contribution in [3.8, 4) is 11.8 Å². The number of likely N-dealkylation sites (tertiary alicyclic amines) is 1. The van der Waals surface area contributed by atoms with Crippen LogP contribution in [0, 0.1) is 5.82 Å². The number of carbonyl (C=O) groups is 1. The monoisotopic (exact) mass is 507 g/mol. The fourth-order valence-electron chi connectivity index (χ4n) is 3.44. The van der Waals surface area contributed by atoms with Gasteiger partial charge in [-0.2, -0.15) is 31.3 Å². The third-order valence-corrected chi connectivity index (χ3v) is 5.40. The van der Waals surface area contributed by atoms with Gasteiger partial charge in [-0.1, -0.05) is 13.3 Å². The molecule has 1 amide bonds. The lowest BCUT2D eigenvalue weighted by atomic mass is 10.1. The first-order valence-electron chi connectivity index (χ1n) is 10.5. The molecule has 0 aromatic carbocycles. The molecule has 1 atom stereocenters. The van der Waals surface area contributed by atoms with Gasteiger partial charge in [0.05, 0.1) is 13.2 Å². The molecule has 2 rings (SSSR count). The number of aromatic nitrogens is 1. The molecular formula is C20H25F8N3O3. The molecule has 194 valence electrons. The Morgan fingerprint density at radius 2 is 1.82 bits per heavy atom. The summed E-state index contributed by atoms with van der Waals surface area (Å²) in [6.45, 7) is 0.647. The number of nitrogens with zero attached hydrogens (tertiary/aromatic N) is 2. The van der Waals surface area contributed by atoms with Crippen LogP contribution < -0.4 is 14.8 Å². The summed E-state index contributed by atoms with van der Waals surface area (Å²) in [4.78, 5) is 18.0. The number of hydrogen-bond acceptors (Lipinski definition) is 5. The lowest BCUT2D eigenvalue weighted by Crippen LogP contribution is -2.57. The number of hydrogen-bond donors (Lipinski definition) is 1. The van der Waals surface area contributed by atoms with Crippen LogP contribution in [0.25, 0.3) is 0 Å². The van der Waals surface area contributed by atoms with Crippen LogP contribution in [-0.4, -0.2) is 66.7 Å². The Kier molecular flexibility index (Phi) is 8.94. The quantitative estimate of drug-likeness (QED) is 0.478. The maximum atomic E-state index is 14.3. The second-order valence-electron chi connectivity index (χ2n) is 7.79. The zero-order valence-corrected chi connectivity index (χ0v) is 18.5. The van der Waals surface area contributed by atoms with Gasteiger partial charge in [0.2, 0.25) is 11.8 Å². The molecule has 0 spiro atoms. The maximum Gasteiger partial charge on any atom is 0.435 e. The summed E-state index contributed by atoms with van der Waals surface area (Å²) in [6.07, 6.45) is -9.38. The largest absolute Gasteiger partial charge is 0.481 e. The maximum absolute atomic E-state index is 14.3. The molecular weight excluding hydrogens is 482 g/mol. The topological polar surface area (TPSA) is 63.7 Å². The third kappa shape index (κ3) is 6.19. The number of pyridine rings is 1. The summed E-state index contributed by atoms with van der Waals surface area (Å²) >= 11 is 0. The van der Waals surface area contributed by atoms with Crippen LogP contribution in [0.5, 0.6) is 11.8 Å². The Morgan fingerprint density at radius 3 is 2.38 bits per heavy atom. The van der Waals surface area contributed by atoms with E-state index < -0.39 is 42.2 Å². The van der Waals surface area contributed by atoms with Crippen LogP contribution in [0.3, 0.4) is 0 Å². The molecule has 1 fully saturated rings. The van der Waals surface area contributed by atoms with Gasteiger partial charge < -0.3 is 14.8 Å². The Balaban J connectivity index is 2.12. The Labute approximate surface area is 190 Å². The van der Waals surface area contributed by atoms with E-state index in [4.69, 9.17) is 4.74 Å². The van der Waals surface area contributed by atoms with Crippen molar-refractivity contribution in [2.45, 2.75) is 63.2 Å². The molecule has 6 nitrogen and oxygen atoms in total. The van der Waals surface area contributed by atoms with Crippen molar-refractivity contribution in [2.24, 2.45) is 0 Å². The highest BCUT2D eigenvalue weighted by atomic mass is 19.4. The van der Waals surface area contributed by atoms with E-state index in [0.717, 1.165) is 39.5 Å².